The molecule has 0 fully saturated rings. The lowest BCUT2D eigenvalue weighted by Crippen LogP contribution is -2.34. The van der Waals surface area contributed by atoms with Crippen LogP contribution in [0.15, 0.2) is 48.5 Å². The van der Waals surface area contributed by atoms with Crippen LogP contribution in [0.2, 0.25) is 0 Å². The molecule has 3 nitrogen and oxygen atoms in total. The lowest BCUT2D eigenvalue weighted by atomic mass is 9.87. The number of likely N-dealkylation sites (N-methyl/N-ethyl adjacent to an activating group) is 1. The van der Waals surface area contributed by atoms with Crippen LogP contribution in [0.5, 0.6) is 5.75 Å². The molecule has 1 atom stereocenters. The summed E-state index contributed by atoms with van der Waals surface area (Å²) < 4.78 is 5.23. The maximum Gasteiger partial charge on any atom is 0.227 e. The summed E-state index contributed by atoms with van der Waals surface area (Å²) in [5.74, 6) is 0.945. The molecule has 1 amide bonds. The van der Waals surface area contributed by atoms with Gasteiger partial charge in [0.2, 0.25) is 5.91 Å². The third-order valence-corrected chi connectivity index (χ3v) is 4.69. The Bertz CT molecular complexity index is 696. The molecule has 3 rings (SSSR count). The van der Waals surface area contributed by atoms with Gasteiger partial charge in [-0.15, -0.1) is 0 Å². The number of methoxy groups -OCH3 is 1. The Morgan fingerprint density at radius 2 is 2.04 bits per heavy atom. The van der Waals surface area contributed by atoms with E-state index in [1.165, 1.54) is 11.1 Å². The number of carbonyl (C=O) groups excluding carboxylic acids is 1. The first-order valence-corrected chi connectivity index (χ1v) is 8.15. The molecular formula is C20H23NO2. The predicted octanol–water partition coefficient (Wildman–Crippen LogP) is 3.77. The molecule has 120 valence electrons. The van der Waals surface area contributed by atoms with Crippen LogP contribution in [0.3, 0.4) is 0 Å². The zero-order valence-electron chi connectivity index (χ0n) is 13.8. The number of benzene rings is 2. The van der Waals surface area contributed by atoms with Crippen LogP contribution >= 0.6 is 0 Å². The van der Waals surface area contributed by atoms with Gasteiger partial charge in [0.25, 0.3) is 0 Å². The predicted molar refractivity (Wildman–Crippen MR) is 91.6 cm³/mol. The topological polar surface area (TPSA) is 29.5 Å². The molecular weight excluding hydrogens is 286 g/mol. The number of ether oxygens (including phenoxy) is 1. The van der Waals surface area contributed by atoms with Gasteiger partial charge in [0.1, 0.15) is 5.75 Å². The Hall–Kier alpha value is -2.29. The van der Waals surface area contributed by atoms with Gasteiger partial charge in [0.05, 0.1) is 19.6 Å². The van der Waals surface area contributed by atoms with Crippen LogP contribution < -0.4 is 4.74 Å². The first-order valence-electron chi connectivity index (χ1n) is 8.15. The molecule has 2 aromatic carbocycles. The van der Waals surface area contributed by atoms with Crippen molar-refractivity contribution in [3.63, 3.8) is 0 Å². The van der Waals surface area contributed by atoms with Gasteiger partial charge in [-0.05, 0) is 48.1 Å². The highest BCUT2D eigenvalue weighted by Gasteiger charge is 2.26. The smallest absolute Gasteiger partial charge is 0.227 e. The second-order valence-corrected chi connectivity index (χ2v) is 6.14. The molecule has 0 aromatic heterocycles. The van der Waals surface area contributed by atoms with E-state index >= 15 is 0 Å². The van der Waals surface area contributed by atoms with E-state index in [1.54, 1.807) is 7.11 Å². The monoisotopic (exact) mass is 309 g/mol. The molecule has 3 heteroatoms. The summed E-state index contributed by atoms with van der Waals surface area (Å²) in [5.41, 5.74) is 3.68. The summed E-state index contributed by atoms with van der Waals surface area (Å²) in [6.45, 7) is 0. The number of rotatable bonds is 4. The number of aryl methyl sites for hydroxylation is 1. The highest BCUT2D eigenvalue weighted by molar-refractivity contribution is 5.79. The molecule has 0 bridgehead atoms. The molecule has 0 N–H and O–H groups in total. The third kappa shape index (κ3) is 3.39. The van der Waals surface area contributed by atoms with Gasteiger partial charge in [0, 0.05) is 7.05 Å². The van der Waals surface area contributed by atoms with E-state index < -0.39 is 0 Å². The number of hydrogen-bond donors (Lipinski definition) is 0. The van der Waals surface area contributed by atoms with Crippen molar-refractivity contribution < 1.29 is 9.53 Å². The van der Waals surface area contributed by atoms with Gasteiger partial charge < -0.3 is 9.64 Å². The lowest BCUT2D eigenvalue weighted by Gasteiger charge is -2.33. The van der Waals surface area contributed by atoms with Crippen molar-refractivity contribution in [1.29, 1.82) is 0 Å². The van der Waals surface area contributed by atoms with Crippen LogP contribution in [0.25, 0.3) is 0 Å². The third-order valence-electron chi connectivity index (χ3n) is 4.69. The number of nitrogens with zero attached hydrogens (tertiary/aromatic N) is 1. The van der Waals surface area contributed by atoms with E-state index in [9.17, 15) is 4.79 Å². The largest absolute Gasteiger partial charge is 0.497 e. The zero-order valence-corrected chi connectivity index (χ0v) is 13.8. The fourth-order valence-corrected chi connectivity index (χ4v) is 3.39. The molecule has 23 heavy (non-hydrogen) atoms. The van der Waals surface area contributed by atoms with Gasteiger partial charge in [-0.2, -0.15) is 0 Å². The Kier molecular flexibility index (Phi) is 4.65. The second kappa shape index (κ2) is 6.86. The Morgan fingerprint density at radius 3 is 2.87 bits per heavy atom. The summed E-state index contributed by atoms with van der Waals surface area (Å²) in [6.07, 6.45) is 3.70. The summed E-state index contributed by atoms with van der Waals surface area (Å²) in [7, 11) is 3.57. The fourth-order valence-electron chi connectivity index (χ4n) is 3.39. The number of fused-ring (bicyclic) bond motifs is 1. The van der Waals surface area contributed by atoms with Gasteiger partial charge >= 0.3 is 0 Å². The summed E-state index contributed by atoms with van der Waals surface area (Å²) in [6, 6.07) is 16.4. The maximum atomic E-state index is 12.7. The van der Waals surface area contributed by atoms with Crippen LogP contribution in [-0.4, -0.2) is 25.0 Å². The lowest BCUT2D eigenvalue weighted by molar-refractivity contribution is -0.131. The van der Waals surface area contributed by atoms with Gasteiger partial charge in [0.15, 0.2) is 0 Å². The van der Waals surface area contributed by atoms with Crippen molar-refractivity contribution in [2.75, 3.05) is 14.2 Å². The molecule has 0 aliphatic heterocycles. The quantitative estimate of drug-likeness (QED) is 0.860. The van der Waals surface area contributed by atoms with Crippen molar-refractivity contribution in [2.45, 2.75) is 31.7 Å². The van der Waals surface area contributed by atoms with Crippen LogP contribution in [0.1, 0.15) is 35.6 Å². The van der Waals surface area contributed by atoms with E-state index in [0.717, 1.165) is 30.6 Å². The first kappa shape index (κ1) is 15.6. The summed E-state index contributed by atoms with van der Waals surface area (Å²) in [4.78, 5) is 14.6. The van der Waals surface area contributed by atoms with E-state index in [2.05, 4.69) is 24.3 Å². The van der Waals surface area contributed by atoms with Gasteiger partial charge in [-0.25, -0.2) is 0 Å². The average Bonchev–Trinajstić information content (AvgIpc) is 2.60. The Morgan fingerprint density at radius 1 is 1.22 bits per heavy atom. The van der Waals surface area contributed by atoms with E-state index in [0.29, 0.717) is 6.42 Å². The molecule has 1 aliphatic rings. The van der Waals surface area contributed by atoms with Crippen molar-refractivity contribution in [3.8, 4) is 5.75 Å². The standard InChI is InChI=1S/C20H23NO2/c1-21(19-12-6-9-16-8-3-4-11-18(16)19)20(22)14-15-7-5-10-17(13-15)23-2/h3-5,7-8,10-11,13,19H,6,9,12,14H2,1-2H3. The minimum atomic E-state index is 0.153. The highest BCUT2D eigenvalue weighted by Crippen LogP contribution is 2.33. The van der Waals surface area contributed by atoms with Crippen LogP contribution in [-0.2, 0) is 17.6 Å². The molecule has 1 aliphatic carbocycles. The molecule has 0 saturated carbocycles. The summed E-state index contributed by atoms with van der Waals surface area (Å²) >= 11 is 0. The minimum Gasteiger partial charge on any atom is -0.497 e. The normalized spacial score (nSPS) is 16.5. The molecule has 0 radical (unpaired) electrons. The van der Waals surface area contributed by atoms with Crippen LogP contribution in [0, 0.1) is 0 Å². The van der Waals surface area contributed by atoms with Crippen molar-refractivity contribution in [1.82, 2.24) is 4.90 Å². The Balaban J connectivity index is 1.75. The zero-order chi connectivity index (χ0) is 16.2. The second-order valence-electron chi connectivity index (χ2n) is 6.14. The number of carbonyl (C=O) groups is 1. The fraction of sp³-hybridized carbons (Fsp3) is 0.350. The summed E-state index contributed by atoms with van der Waals surface area (Å²) in [5, 5.41) is 0. The number of hydrogen-bond acceptors (Lipinski definition) is 2. The molecule has 0 spiro atoms. The SMILES string of the molecule is COc1cccc(CC(=O)N(C)C2CCCc3ccccc32)c1. The molecule has 2 aromatic rings. The van der Waals surface area contributed by atoms with E-state index in [-0.39, 0.29) is 11.9 Å². The average molecular weight is 309 g/mol. The Labute approximate surface area is 137 Å². The molecule has 0 heterocycles. The van der Waals surface area contributed by atoms with E-state index in [1.807, 2.05) is 36.2 Å². The van der Waals surface area contributed by atoms with E-state index in [4.69, 9.17) is 4.74 Å². The minimum absolute atomic E-state index is 0.153. The first-order chi connectivity index (χ1) is 11.2. The van der Waals surface area contributed by atoms with Crippen molar-refractivity contribution in [3.05, 3.63) is 65.2 Å². The molecule has 0 saturated heterocycles. The van der Waals surface area contributed by atoms with Crippen LogP contribution in [0.4, 0.5) is 0 Å². The highest BCUT2D eigenvalue weighted by atomic mass is 16.5. The maximum absolute atomic E-state index is 12.7. The van der Waals surface area contributed by atoms with Gasteiger partial charge in [-0.3, -0.25) is 4.79 Å². The van der Waals surface area contributed by atoms with Crippen molar-refractivity contribution >= 4 is 5.91 Å². The number of amides is 1. The molecule has 1 unspecified atom stereocenters. The van der Waals surface area contributed by atoms with Crippen molar-refractivity contribution in [2.24, 2.45) is 0 Å². The van der Waals surface area contributed by atoms with Gasteiger partial charge in [-0.1, -0.05) is 36.4 Å².